The molecule has 0 spiro atoms. The summed E-state index contributed by atoms with van der Waals surface area (Å²) in [4.78, 5) is 0. The molecule has 1 saturated heterocycles. The zero-order valence-corrected chi connectivity index (χ0v) is 13.7. The van der Waals surface area contributed by atoms with Crippen molar-refractivity contribution in [3.63, 3.8) is 0 Å². The molecule has 0 unspecified atom stereocenters. The minimum absolute atomic E-state index is 0.319. The van der Waals surface area contributed by atoms with E-state index in [9.17, 15) is 5.11 Å². The van der Waals surface area contributed by atoms with Crippen LogP contribution in [0.25, 0.3) is 0 Å². The molecule has 2 N–H and O–H groups in total. The van der Waals surface area contributed by atoms with Gasteiger partial charge in [0.25, 0.3) is 0 Å². The van der Waals surface area contributed by atoms with E-state index in [0.29, 0.717) is 23.8 Å². The number of nitrogens with zero attached hydrogens (tertiary/aromatic N) is 3. The summed E-state index contributed by atoms with van der Waals surface area (Å²) in [6, 6.07) is 1.19. The van der Waals surface area contributed by atoms with Gasteiger partial charge in [-0.05, 0) is 39.5 Å². The number of aromatic nitrogens is 3. The maximum atomic E-state index is 10.1. The van der Waals surface area contributed by atoms with Gasteiger partial charge in [0.2, 0.25) is 0 Å². The van der Waals surface area contributed by atoms with Gasteiger partial charge in [0.1, 0.15) is 11.3 Å². The van der Waals surface area contributed by atoms with Gasteiger partial charge < -0.3 is 15.2 Å². The molecule has 3 rings (SSSR count). The molecule has 1 aromatic rings. The first-order chi connectivity index (χ1) is 10.5. The molecule has 1 aliphatic carbocycles. The Hall–Kier alpha value is -0.980. The van der Waals surface area contributed by atoms with Crippen LogP contribution < -0.4 is 5.32 Å². The SMILES string of the molecule is CC(C)(O)c1cn([C@@H]2CCCC[C@@H]2N[C@@H]2CCCOC2)nn1. The Bertz CT molecular complexity index is 477. The monoisotopic (exact) mass is 308 g/mol. The van der Waals surface area contributed by atoms with Gasteiger partial charge in [-0.1, -0.05) is 18.1 Å². The Kier molecular flexibility index (Phi) is 4.80. The smallest absolute Gasteiger partial charge is 0.114 e. The predicted octanol–water partition coefficient (Wildman–Crippen LogP) is 1.76. The number of rotatable bonds is 4. The summed E-state index contributed by atoms with van der Waals surface area (Å²) in [6.07, 6.45) is 8.99. The highest BCUT2D eigenvalue weighted by molar-refractivity contribution is 5.04. The average Bonchev–Trinajstić information content (AvgIpc) is 2.99. The van der Waals surface area contributed by atoms with E-state index >= 15 is 0 Å². The lowest BCUT2D eigenvalue weighted by molar-refractivity contribution is 0.0595. The molecule has 0 amide bonds. The highest BCUT2D eigenvalue weighted by Gasteiger charge is 2.31. The third-order valence-electron chi connectivity index (χ3n) is 4.82. The van der Waals surface area contributed by atoms with Gasteiger partial charge in [-0.2, -0.15) is 0 Å². The molecular formula is C16H28N4O2. The van der Waals surface area contributed by atoms with Crippen LogP contribution in [0.5, 0.6) is 0 Å². The highest BCUT2D eigenvalue weighted by atomic mass is 16.5. The molecule has 0 radical (unpaired) electrons. The van der Waals surface area contributed by atoms with Crippen LogP contribution in [0.1, 0.15) is 64.1 Å². The third-order valence-corrected chi connectivity index (χ3v) is 4.82. The molecule has 0 bridgehead atoms. The molecule has 6 nitrogen and oxygen atoms in total. The minimum Gasteiger partial charge on any atom is -0.384 e. The highest BCUT2D eigenvalue weighted by Crippen LogP contribution is 2.30. The summed E-state index contributed by atoms with van der Waals surface area (Å²) in [5, 5.41) is 22.3. The molecule has 22 heavy (non-hydrogen) atoms. The fraction of sp³-hybridized carbons (Fsp3) is 0.875. The summed E-state index contributed by atoms with van der Waals surface area (Å²) < 4.78 is 7.54. The first-order valence-corrected chi connectivity index (χ1v) is 8.52. The quantitative estimate of drug-likeness (QED) is 0.887. The number of hydrogen-bond donors (Lipinski definition) is 2. The lowest BCUT2D eigenvalue weighted by Gasteiger charge is -2.36. The van der Waals surface area contributed by atoms with Gasteiger partial charge in [-0.3, -0.25) is 0 Å². The van der Waals surface area contributed by atoms with Crippen LogP contribution in [-0.2, 0) is 10.3 Å². The molecular weight excluding hydrogens is 280 g/mol. The Morgan fingerprint density at radius 2 is 2.09 bits per heavy atom. The minimum atomic E-state index is -0.937. The van der Waals surface area contributed by atoms with Crippen molar-refractivity contribution in [1.82, 2.24) is 20.3 Å². The van der Waals surface area contributed by atoms with Crippen molar-refractivity contribution in [2.24, 2.45) is 0 Å². The topological polar surface area (TPSA) is 72.2 Å². The second kappa shape index (κ2) is 6.64. The second-order valence-corrected chi connectivity index (χ2v) is 7.18. The molecule has 3 atom stereocenters. The zero-order chi connectivity index (χ0) is 15.6. The fourth-order valence-corrected chi connectivity index (χ4v) is 3.52. The van der Waals surface area contributed by atoms with Crippen molar-refractivity contribution in [3.05, 3.63) is 11.9 Å². The normalized spacial score (nSPS) is 30.4. The molecule has 1 saturated carbocycles. The largest absolute Gasteiger partial charge is 0.384 e. The number of aliphatic hydroxyl groups is 1. The van der Waals surface area contributed by atoms with Gasteiger partial charge in [0, 0.05) is 18.7 Å². The Morgan fingerprint density at radius 3 is 2.77 bits per heavy atom. The molecule has 124 valence electrons. The Morgan fingerprint density at radius 1 is 1.27 bits per heavy atom. The van der Waals surface area contributed by atoms with E-state index in [4.69, 9.17) is 4.74 Å². The van der Waals surface area contributed by atoms with Gasteiger partial charge in [-0.25, -0.2) is 4.68 Å². The van der Waals surface area contributed by atoms with E-state index in [-0.39, 0.29) is 0 Å². The molecule has 2 heterocycles. The van der Waals surface area contributed by atoms with Crippen molar-refractivity contribution >= 4 is 0 Å². The average molecular weight is 308 g/mol. The van der Waals surface area contributed by atoms with Gasteiger partial charge in [0.05, 0.1) is 18.8 Å². The molecule has 0 aromatic carbocycles. The van der Waals surface area contributed by atoms with Crippen molar-refractivity contribution in [3.8, 4) is 0 Å². The van der Waals surface area contributed by atoms with E-state index in [1.807, 2.05) is 10.9 Å². The molecule has 1 aromatic heterocycles. The lowest BCUT2D eigenvalue weighted by Crippen LogP contribution is -2.48. The molecule has 1 aliphatic heterocycles. The number of ether oxygens (including phenoxy) is 1. The van der Waals surface area contributed by atoms with Crippen LogP contribution in [0.3, 0.4) is 0 Å². The second-order valence-electron chi connectivity index (χ2n) is 7.18. The van der Waals surface area contributed by atoms with Crippen LogP contribution >= 0.6 is 0 Å². The number of nitrogens with one attached hydrogen (secondary N) is 1. The van der Waals surface area contributed by atoms with E-state index in [1.165, 1.54) is 25.7 Å². The van der Waals surface area contributed by atoms with Gasteiger partial charge >= 0.3 is 0 Å². The van der Waals surface area contributed by atoms with Crippen LogP contribution in [0.15, 0.2) is 6.20 Å². The third kappa shape index (κ3) is 3.67. The van der Waals surface area contributed by atoms with Crippen molar-refractivity contribution in [1.29, 1.82) is 0 Å². The predicted molar refractivity (Wildman–Crippen MR) is 83.5 cm³/mol. The summed E-state index contributed by atoms with van der Waals surface area (Å²) >= 11 is 0. The van der Waals surface area contributed by atoms with E-state index in [1.54, 1.807) is 13.8 Å². The molecule has 2 fully saturated rings. The first-order valence-electron chi connectivity index (χ1n) is 8.52. The van der Waals surface area contributed by atoms with Crippen LogP contribution in [0, 0.1) is 0 Å². The number of hydrogen-bond acceptors (Lipinski definition) is 5. The summed E-state index contributed by atoms with van der Waals surface area (Å²) in [5.41, 5.74) is -0.301. The van der Waals surface area contributed by atoms with Crippen LogP contribution in [0.4, 0.5) is 0 Å². The summed E-state index contributed by atoms with van der Waals surface area (Å²) in [6.45, 7) is 5.20. The van der Waals surface area contributed by atoms with E-state index in [0.717, 1.165) is 26.1 Å². The standard InChI is InChI=1S/C16H28N4O2/c1-16(2,21)15-10-20(19-18-15)14-8-4-3-7-13(14)17-12-6-5-9-22-11-12/h10,12-14,17,21H,3-9,11H2,1-2H3/t12-,13+,14-/m1/s1. The van der Waals surface area contributed by atoms with Gasteiger partial charge in [0.15, 0.2) is 0 Å². The van der Waals surface area contributed by atoms with Crippen molar-refractivity contribution < 1.29 is 9.84 Å². The Balaban J connectivity index is 1.70. The van der Waals surface area contributed by atoms with Crippen LogP contribution in [0.2, 0.25) is 0 Å². The maximum absolute atomic E-state index is 10.1. The van der Waals surface area contributed by atoms with E-state index < -0.39 is 5.60 Å². The Labute approximate surface area is 132 Å². The lowest BCUT2D eigenvalue weighted by atomic mass is 9.89. The zero-order valence-electron chi connectivity index (χ0n) is 13.7. The fourth-order valence-electron chi connectivity index (χ4n) is 3.52. The molecule has 2 aliphatic rings. The maximum Gasteiger partial charge on any atom is 0.114 e. The summed E-state index contributed by atoms with van der Waals surface area (Å²) in [7, 11) is 0. The van der Waals surface area contributed by atoms with Crippen LogP contribution in [-0.4, -0.2) is 45.4 Å². The van der Waals surface area contributed by atoms with E-state index in [2.05, 4.69) is 15.6 Å². The first kappa shape index (κ1) is 15.9. The van der Waals surface area contributed by atoms with Gasteiger partial charge in [-0.15, -0.1) is 5.10 Å². The molecule has 6 heteroatoms. The van der Waals surface area contributed by atoms with Crippen molar-refractivity contribution in [2.45, 2.75) is 76.1 Å². The summed E-state index contributed by atoms with van der Waals surface area (Å²) in [5.74, 6) is 0. The van der Waals surface area contributed by atoms with Crippen molar-refractivity contribution in [2.75, 3.05) is 13.2 Å².